The van der Waals surface area contributed by atoms with Crippen molar-refractivity contribution in [2.75, 3.05) is 4.72 Å². The summed E-state index contributed by atoms with van der Waals surface area (Å²) in [5.74, 6) is 0.969. The van der Waals surface area contributed by atoms with E-state index >= 15 is 0 Å². The molecule has 1 aliphatic rings. The molecule has 7 heteroatoms. The first-order valence-corrected chi connectivity index (χ1v) is 11.2. The lowest BCUT2D eigenvalue weighted by atomic mass is 9.78. The highest BCUT2D eigenvalue weighted by Gasteiger charge is 2.28. The van der Waals surface area contributed by atoms with E-state index < -0.39 is 10.0 Å². The number of hydrogen-bond donors (Lipinski definition) is 2. The van der Waals surface area contributed by atoms with Crippen molar-refractivity contribution in [3.8, 4) is 0 Å². The van der Waals surface area contributed by atoms with E-state index in [4.69, 9.17) is 0 Å². The molecular formula is C19H24N2O3S2. The van der Waals surface area contributed by atoms with Gasteiger partial charge in [-0.15, -0.1) is 11.3 Å². The zero-order valence-electron chi connectivity index (χ0n) is 14.9. The van der Waals surface area contributed by atoms with Gasteiger partial charge in [-0.2, -0.15) is 0 Å². The fourth-order valence-corrected chi connectivity index (χ4v) is 5.40. The van der Waals surface area contributed by atoms with Crippen LogP contribution in [0.2, 0.25) is 0 Å². The Hall–Kier alpha value is -1.86. The van der Waals surface area contributed by atoms with Crippen molar-refractivity contribution < 1.29 is 13.2 Å². The molecule has 3 rings (SSSR count). The van der Waals surface area contributed by atoms with Crippen LogP contribution in [0.1, 0.15) is 43.5 Å². The van der Waals surface area contributed by atoms with Crippen LogP contribution in [0.5, 0.6) is 0 Å². The highest BCUT2D eigenvalue weighted by molar-refractivity contribution is 7.94. The summed E-state index contributed by atoms with van der Waals surface area (Å²) in [7, 11) is -3.57. The van der Waals surface area contributed by atoms with Gasteiger partial charge in [-0.05, 0) is 54.0 Å². The standard InChI is InChI=1S/C19H24N2O3S2/c1-13-5-3-6-17(14(13)2)20-19(22)15-8-10-16(11-9-15)21-26(23,24)18-7-4-12-25-18/h4,7-14,17,21H,3,5-6H2,1-2H3,(H,20,22). The van der Waals surface area contributed by atoms with Crippen LogP contribution in [0.4, 0.5) is 5.69 Å². The molecule has 26 heavy (non-hydrogen) atoms. The summed E-state index contributed by atoms with van der Waals surface area (Å²) in [5, 5.41) is 4.85. The molecule has 0 radical (unpaired) electrons. The van der Waals surface area contributed by atoms with Gasteiger partial charge in [0.05, 0.1) is 0 Å². The second-order valence-electron chi connectivity index (χ2n) is 6.96. The van der Waals surface area contributed by atoms with Gasteiger partial charge in [-0.3, -0.25) is 9.52 Å². The first kappa shape index (κ1) is 18.9. The molecule has 1 aromatic carbocycles. The van der Waals surface area contributed by atoms with E-state index in [9.17, 15) is 13.2 Å². The summed E-state index contributed by atoms with van der Waals surface area (Å²) in [6.45, 7) is 4.43. The number of benzene rings is 1. The van der Waals surface area contributed by atoms with Crippen LogP contribution >= 0.6 is 11.3 Å². The molecule has 0 spiro atoms. The average Bonchev–Trinajstić information content (AvgIpc) is 3.15. The summed E-state index contributed by atoms with van der Waals surface area (Å²) >= 11 is 1.16. The maximum atomic E-state index is 12.5. The Kier molecular flexibility index (Phi) is 5.67. The molecule has 140 valence electrons. The number of carbonyl (C=O) groups is 1. The maximum Gasteiger partial charge on any atom is 0.271 e. The Morgan fingerprint density at radius 2 is 1.85 bits per heavy atom. The molecule has 0 aliphatic heterocycles. The lowest BCUT2D eigenvalue weighted by Crippen LogP contribution is -2.43. The molecule has 0 bridgehead atoms. The summed E-state index contributed by atoms with van der Waals surface area (Å²) in [6.07, 6.45) is 3.36. The maximum absolute atomic E-state index is 12.5. The quantitative estimate of drug-likeness (QED) is 0.804. The van der Waals surface area contributed by atoms with Gasteiger partial charge < -0.3 is 5.32 Å². The molecule has 2 N–H and O–H groups in total. The smallest absolute Gasteiger partial charge is 0.271 e. The molecule has 1 aromatic heterocycles. The van der Waals surface area contributed by atoms with Gasteiger partial charge in [0.25, 0.3) is 15.9 Å². The number of anilines is 1. The molecule has 1 amide bonds. The number of carbonyl (C=O) groups excluding carboxylic acids is 1. The number of rotatable bonds is 5. The van der Waals surface area contributed by atoms with E-state index in [-0.39, 0.29) is 16.2 Å². The van der Waals surface area contributed by atoms with Gasteiger partial charge >= 0.3 is 0 Å². The number of amides is 1. The van der Waals surface area contributed by atoms with Gasteiger partial charge in [0.2, 0.25) is 0 Å². The minimum atomic E-state index is -3.57. The molecule has 0 saturated heterocycles. The number of hydrogen-bond acceptors (Lipinski definition) is 4. The third-order valence-corrected chi connectivity index (χ3v) is 7.96. The van der Waals surface area contributed by atoms with Crippen molar-refractivity contribution >= 4 is 33.0 Å². The fraction of sp³-hybridized carbons (Fsp3) is 0.421. The number of nitrogens with one attached hydrogen (secondary N) is 2. The molecule has 1 heterocycles. The van der Waals surface area contributed by atoms with E-state index in [1.807, 2.05) is 0 Å². The van der Waals surface area contributed by atoms with Crippen LogP contribution in [0, 0.1) is 11.8 Å². The Labute approximate surface area is 158 Å². The lowest BCUT2D eigenvalue weighted by molar-refractivity contribution is 0.0891. The van der Waals surface area contributed by atoms with E-state index in [0.717, 1.165) is 24.2 Å². The molecular weight excluding hydrogens is 368 g/mol. The fourth-order valence-electron chi connectivity index (χ4n) is 3.35. The third kappa shape index (κ3) is 4.27. The second kappa shape index (κ2) is 7.80. The lowest BCUT2D eigenvalue weighted by Gasteiger charge is -2.34. The van der Waals surface area contributed by atoms with Crippen LogP contribution in [0.3, 0.4) is 0 Å². The molecule has 1 fully saturated rings. The number of sulfonamides is 1. The van der Waals surface area contributed by atoms with Gasteiger partial charge in [-0.25, -0.2) is 8.42 Å². The third-order valence-electron chi connectivity index (χ3n) is 5.18. The largest absolute Gasteiger partial charge is 0.349 e. The first-order chi connectivity index (χ1) is 12.4. The molecule has 3 unspecified atom stereocenters. The summed E-state index contributed by atoms with van der Waals surface area (Å²) in [5.41, 5.74) is 0.976. The van der Waals surface area contributed by atoms with Gasteiger partial charge in [0, 0.05) is 17.3 Å². The van der Waals surface area contributed by atoms with Crippen LogP contribution < -0.4 is 10.0 Å². The Balaban J connectivity index is 1.65. The Morgan fingerprint density at radius 1 is 1.12 bits per heavy atom. The highest BCUT2D eigenvalue weighted by atomic mass is 32.2. The predicted octanol–water partition coefficient (Wildman–Crippen LogP) is 4.10. The molecule has 1 saturated carbocycles. The average molecular weight is 393 g/mol. The van der Waals surface area contributed by atoms with E-state index in [1.54, 1.807) is 41.8 Å². The highest BCUT2D eigenvalue weighted by Crippen LogP contribution is 2.29. The molecule has 1 aliphatic carbocycles. The Bertz CT molecular complexity index is 845. The van der Waals surface area contributed by atoms with Crippen molar-refractivity contribution in [2.24, 2.45) is 11.8 Å². The predicted molar refractivity (Wildman–Crippen MR) is 105 cm³/mol. The zero-order chi connectivity index (χ0) is 18.7. The van der Waals surface area contributed by atoms with Crippen molar-refractivity contribution in [2.45, 2.75) is 43.4 Å². The van der Waals surface area contributed by atoms with Crippen molar-refractivity contribution in [1.29, 1.82) is 0 Å². The van der Waals surface area contributed by atoms with E-state index in [0.29, 0.717) is 23.1 Å². The summed E-state index contributed by atoms with van der Waals surface area (Å²) in [6, 6.07) is 9.99. The first-order valence-electron chi connectivity index (χ1n) is 8.84. The monoisotopic (exact) mass is 392 g/mol. The Morgan fingerprint density at radius 3 is 2.50 bits per heavy atom. The van der Waals surface area contributed by atoms with Crippen LogP contribution in [0.15, 0.2) is 46.0 Å². The molecule has 3 atom stereocenters. The topological polar surface area (TPSA) is 75.3 Å². The van der Waals surface area contributed by atoms with Gasteiger partial charge in [0.1, 0.15) is 4.21 Å². The summed E-state index contributed by atoms with van der Waals surface area (Å²) in [4.78, 5) is 12.5. The SMILES string of the molecule is CC1CCCC(NC(=O)c2ccc(NS(=O)(=O)c3cccs3)cc2)C1C. The van der Waals surface area contributed by atoms with Crippen LogP contribution in [-0.2, 0) is 10.0 Å². The second-order valence-corrected chi connectivity index (χ2v) is 9.82. The molecule has 2 aromatic rings. The van der Waals surface area contributed by atoms with Crippen molar-refractivity contribution in [3.05, 3.63) is 47.3 Å². The zero-order valence-corrected chi connectivity index (χ0v) is 16.6. The molecule has 5 nitrogen and oxygen atoms in total. The van der Waals surface area contributed by atoms with Crippen LogP contribution in [0.25, 0.3) is 0 Å². The van der Waals surface area contributed by atoms with Crippen molar-refractivity contribution in [3.63, 3.8) is 0 Å². The van der Waals surface area contributed by atoms with Crippen LogP contribution in [-0.4, -0.2) is 20.4 Å². The summed E-state index contributed by atoms with van der Waals surface area (Å²) < 4.78 is 27.3. The van der Waals surface area contributed by atoms with Crippen molar-refractivity contribution in [1.82, 2.24) is 5.32 Å². The normalized spacial score (nSPS) is 23.4. The minimum absolute atomic E-state index is 0.108. The van der Waals surface area contributed by atoms with E-state index in [1.165, 1.54) is 6.42 Å². The van der Waals surface area contributed by atoms with Gasteiger partial charge in [-0.1, -0.05) is 32.8 Å². The van der Waals surface area contributed by atoms with E-state index in [2.05, 4.69) is 23.9 Å². The minimum Gasteiger partial charge on any atom is -0.349 e. The number of thiophene rings is 1. The van der Waals surface area contributed by atoms with Gasteiger partial charge in [0.15, 0.2) is 0 Å².